The molecule has 6 heteroatoms. The average Bonchev–Trinajstić information content (AvgIpc) is 2.63. The fourth-order valence-electron chi connectivity index (χ4n) is 2.51. The van der Waals surface area contributed by atoms with Gasteiger partial charge in [-0.1, -0.05) is 48.5 Å². The lowest BCUT2D eigenvalue weighted by atomic mass is 10.0. The predicted octanol–water partition coefficient (Wildman–Crippen LogP) is 3.43. The molecule has 0 saturated heterocycles. The van der Waals surface area contributed by atoms with E-state index in [0.29, 0.717) is 11.3 Å². The summed E-state index contributed by atoms with van der Waals surface area (Å²) in [5, 5.41) is 0. The van der Waals surface area contributed by atoms with Gasteiger partial charge in [-0.15, -0.1) is 0 Å². The lowest BCUT2D eigenvalue weighted by Gasteiger charge is -2.19. The molecule has 0 amide bonds. The lowest BCUT2D eigenvalue weighted by Crippen LogP contribution is -2.31. The van der Waals surface area contributed by atoms with Gasteiger partial charge in [-0.05, 0) is 35.4 Å². The summed E-state index contributed by atoms with van der Waals surface area (Å²) in [4.78, 5) is 4.28. The third-order valence-corrected chi connectivity index (χ3v) is 4.99. The van der Waals surface area contributed by atoms with Crippen molar-refractivity contribution in [2.45, 2.75) is 11.8 Å². The molecule has 1 N–H and O–H groups in total. The van der Waals surface area contributed by atoms with Gasteiger partial charge in [0.15, 0.2) is 0 Å². The smallest absolute Gasteiger partial charge is 0.216 e. The third-order valence-electron chi connectivity index (χ3n) is 3.68. The summed E-state index contributed by atoms with van der Waals surface area (Å²) in [5.74, 6) is -0.631. The van der Waals surface area contributed by atoms with Crippen LogP contribution in [0.15, 0.2) is 79.0 Å². The van der Waals surface area contributed by atoms with Crippen LogP contribution < -0.4 is 4.72 Å². The van der Waals surface area contributed by atoms with Crippen LogP contribution in [-0.4, -0.2) is 13.4 Å². The van der Waals surface area contributed by atoms with E-state index < -0.39 is 21.9 Å². The van der Waals surface area contributed by atoms with Crippen LogP contribution in [0.3, 0.4) is 0 Å². The molecular formula is C19H17FN2O2S. The van der Waals surface area contributed by atoms with Crippen LogP contribution in [0.1, 0.15) is 22.9 Å². The SMILES string of the molecule is O=S(=O)(Cc1ccc(F)cc1)NC(c1ccccc1)c1ccccn1. The zero-order valence-corrected chi connectivity index (χ0v) is 14.2. The molecule has 1 unspecified atom stereocenters. The quantitative estimate of drug-likeness (QED) is 0.736. The van der Waals surface area contributed by atoms with Gasteiger partial charge >= 0.3 is 0 Å². The van der Waals surface area contributed by atoms with Crippen molar-refractivity contribution >= 4 is 10.0 Å². The summed E-state index contributed by atoms with van der Waals surface area (Å²) in [6.07, 6.45) is 1.62. The standard InChI is InChI=1S/C19H17FN2O2S/c20-17-11-9-15(10-12-17)14-25(23,24)22-19(16-6-2-1-3-7-16)18-8-4-5-13-21-18/h1-13,19,22H,14H2. The van der Waals surface area contributed by atoms with Crippen molar-refractivity contribution in [1.29, 1.82) is 0 Å². The summed E-state index contributed by atoms with van der Waals surface area (Å²) in [5.41, 5.74) is 1.92. The first-order valence-electron chi connectivity index (χ1n) is 7.74. The molecule has 0 aliphatic heterocycles. The first-order chi connectivity index (χ1) is 12.0. The zero-order chi connectivity index (χ0) is 17.7. The molecule has 3 aromatic rings. The van der Waals surface area contributed by atoms with Crippen molar-refractivity contribution < 1.29 is 12.8 Å². The number of hydrogen-bond acceptors (Lipinski definition) is 3. The summed E-state index contributed by atoms with van der Waals surface area (Å²) >= 11 is 0. The maximum Gasteiger partial charge on any atom is 0.216 e. The van der Waals surface area contributed by atoms with Gasteiger partial charge < -0.3 is 0 Å². The van der Waals surface area contributed by atoms with Crippen molar-refractivity contribution in [3.63, 3.8) is 0 Å². The minimum atomic E-state index is -3.66. The molecule has 4 nitrogen and oxygen atoms in total. The predicted molar refractivity (Wildman–Crippen MR) is 94.7 cm³/mol. The van der Waals surface area contributed by atoms with E-state index in [0.717, 1.165) is 5.56 Å². The fraction of sp³-hybridized carbons (Fsp3) is 0.105. The van der Waals surface area contributed by atoms with E-state index in [2.05, 4.69) is 9.71 Å². The lowest BCUT2D eigenvalue weighted by molar-refractivity contribution is 0.569. The van der Waals surface area contributed by atoms with Crippen LogP contribution in [0.5, 0.6) is 0 Å². The average molecular weight is 356 g/mol. The Hall–Kier alpha value is -2.57. The highest BCUT2D eigenvalue weighted by molar-refractivity contribution is 7.88. The number of nitrogens with one attached hydrogen (secondary N) is 1. The van der Waals surface area contributed by atoms with Crippen molar-refractivity contribution in [3.05, 3.63) is 102 Å². The minimum absolute atomic E-state index is 0.233. The van der Waals surface area contributed by atoms with Gasteiger partial charge in [0, 0.05) is 6.20 Å². The molecule has 0 spiro atoms. The fourth-order valence-corrected chi connectivity index (χ4v) is 3.84. The molecule has 0 bridgehead atoms. The van der Waals surface area contributed by atoms with Crippen molar-refractivity contribution in [2.75, 3.05) is 0 Å². The molecule has 128 valence electrons. The molecule has 1 heterocycles. The highest BCUT2D eigenvalue weighted by atomic mass is 32.2. The first kappa shape index (κ1) is 17.3. The molecule has 0 fully saturated rings. The third kappa shape index (κ3) is 4.71. The van der Waals surface area contributed by atoms with Crippen LogP contribution in [0, 0.1) is 5.82 Å². The minimum Gasteiger partial charge on any atom is -0.259 e. The molecular weight excluding hydrogens is 339 g/mol. The molecule has 0 saturated carbocycles. The van der Waals surface area contributed by atoms with E-state index in [9.17, 15) is 12.8 Å². The highest BCUT2D eigenvalue weighted by Gasteiger charge is 2.22. The molecule has 2 aromatic carbocycles. The Labute approximate surface area is 146 Å². The van der Waals surface area contributed by atoms with Crippen LogP contribution in [0.4, 0.5) is 4.39 Å². The molecule has 3 rings (SSSR count). The molecule has 0 aliphatic carbocycles. The summed E-state index contributed by atoms with van der Waals surface area (Å²) in [7, 11) is -3.66. The number of rotatable bonds is 6. The molecule has 0 aliphatic rings. The molecule has 25 heavy (non-hydrogen) atoms. The summed E-state index contributed by atoms with van der Waals surface area (Å²) in [6.45, 7) is 0. The monoisotopic (exact) mass is 356 g/mol. The molecule has 1 atom stereocenters. The van der Waals surface area contributed by atoms with E-state index in [1.807, 2.05) is 36.4 Å². The molecule has 1 aromatic heterocycles. The van der Waals surface area contributed by atoms with E-state index >= 15 is 0 Å². The second-order valence-corrected chi connectivity index (χ2v) is 7.36. The van der Waals surface area contributed by atoms with Gasteiger partial charge in [0.05, 0.1) is 17.5 Å². The maximum absolute atomic E-state index is 13.0. The Morgan fingerprint density at radius 1 is 0.920 bits per heavy atom. The Bertz CT molecular complexity index is 875. The Morgan fingerprint density at radius 3 is 2.24 bits per heavy atom. The van der Waals surface area contributed by atoms with Crippen LogP contribution >= 0.6 is 0 Å². The van der Waals surface area contributed by atoms with Gasteiger partial charge in [0.1, 0.15) is 5.82 Å². The number of pyridine rings is 1. The van der Waals surface area contributed by atoms with Gasteiger partial charge in [-0.2, -0.15) is 0 Å². The van der Waals surface area contributed by atoms with E-state index in [1.54, 1.807) is 18.3 Å². The second-order valence-electron chi connectivity index (χ2n) is 5.60. The van der Waals surface area contributed by atoms with E-state index in [-0.39, 0.29) is 5.75 Å². The van der Waals surface area contributed by atoms with Gasteiger partial charge in [0.2, 0.25) is 10.0 Å². The maximum atomic E-state index is 13.0. The topological polar surface area (TPSA) is 59.1 Å². The normalized spacial score (nSPS) is 12.7. The first-order valence-corrected chi connectivity index (χ1v) is 9.39. The number of aromatic nitrogens is 1. The van der Waals surface area contributed by atoms with Crippen LogP contribution in [0.2, 0.25) is 0 Å². The van der Waals surface area contributed by atoms with Crippen LogP contribution in [0.25, 0.3) is 0 Å². The Kier molecular flexibility index (Phi) is 5.21. The van der Waals surface area contributed by atoms with Crippen molar-refractivity contribution in [3.8, 4) is 0 Å². The van der Waals surface area contributed by atoms with Crippen molar-refractivity contribution in [1.82, 2.24) is 9.71 Å². The van der Waals surface area contributed by atoms with E-state index in [1.165, 1.54) is 24.3 Å². The van der Waals surface area contributed by atoms with Crippen LogP contribution in [-0.2, 0) is 15.8 Å². The Morgan fingerprint density at radius 2 is 1.60 bits per heavy atom. The second kappa shape index (κ2) is 7.55. The number of nitrogens with zero attached hydrogens (tertiary/aromatic N) is 1. The van der Waals surface area contributed by atoms with E-state index in [4.69, 9.17) is 0 Å². The Balaban J connectivity index is 1.88. The number of hydrogen-bond donors (Lipinski definition) is 1. The number of sulfonamides is 1. The summed E-state index contributed by atoms with van der Waals surface area (Å²) < 4.78 is 40.9. The number of halogens is 1. The van der Waals surface area contributed by atoms with Gasteiger partial charge in [-0.25, -0.2) is 17.5 Å². The molecule has 0 radical (unpaired) electrons. The van der Waals surface area contributed by atoms with Crippen molar-refractivity contribution in [2.24, 2.45) is 0 Å². The summed E-state index contributed by atoms with van der Waals surface area (Å²) in [6, 6.07) is 19.5. The largest absolute Gasteiger partial charge is 0.259 e. The van der Waals surface area contributed by atoms with Gasteiger partial charge in [-0.3, -0.25) is 4.98 Å². The highest BCUT2D eigenvalue weighted by Crippen LogP contribution is 2.22. The van der Waals surface area contributed by atoms with Gasteiger partial charge in [0.25, 0.3) is 0 Å². The zero-order valence-electron chi connectivity index (χ0n) is 13.3. The number of benzene rings is 2.